The van der Waals surface area contributed by atoms with E-state index in [0.717, 1.165) is 12.8 Å². The van der Waals surface area contributed by atoms with E-state index in [-0.39, 0.29) is 11.9 Å². The van der Waals surface area contributed by atoms with Crippen molar-refractivity contribution in [2.24, 2.45) is 11.7 Å². The first-order valence-electron chi connectivity index (χ1n) is 7.05. The lowest BCUT2D eigenvalue weighted by Crippen LogP contribution is -2.38. The van der Waals surface area contributed by atoms with Crippen LogP contribution in [0.4, 0.5) is 0 Å². The van der Waals surface area contributed by atoms with Crippen LogP contribution in [0.1, 0.15) is 37.8 Å². The Hall–Kier alpha value is -1.35. The fourth-order valence-corrected chi connectivity index (χ4v) is 2.15. The van der Waals surface area contributed by atoms with Crippen molar-refractivity contribution in [3.8, 4) is 0 Å². The zero-order chi connectivity index (χ0) is 14.3. The summed E-state index contributed by atoms with van der Waals surface area (Å²) in [5.74, 6) is 0.653. The lowest BCUT2D eigenvalue weighted by Gasteiger charge is -2.14. The Labute approximate surface area is 116 Å². The number of amides is 1. The van der Waals surface area contributed by atoms with Gasteiger partial charge in [-0.15, -0.1) is 0 Å². The van der Waals surface area contributed by atoms with Crippen LogP contribution in [-0.4, -0.2) is 18.5 Å². The Balaban J connectivity index is 2.25. The molecule has 0 saturated heterocycles. The number of hydrogen-bond donors (Lipinski definition) is 2. The third kappa shape index (κ3) is 6.97. The molecule has 1 unspecified atom stereocenters. The molecule has 1 aromatic carbocycles. The molecule has 0 fully saturated rings. The molecule has 0 aliphatic heterocycles. The van der Waals surface area contributed by atoms with Gasteiger partial charge in [-0.2, -0.15) is 0 Å². The average molecular weight is 262 g/mol. The first-order chi connectivity index (χ1) is 8.97. The van der Waals surface area contributed by atoms with Crippen LogP contribution in [0.3, 0.4) is 0 Å². The van der Waals surface area contributed by atoms with Crippen molar-refractivity contribution >= 4 is 5.91 Å². The predicted octanol–water partition coefficient (Wildman–Crippen LogP) is 2.42. The second kappa shape index (κ2) is 7.95. The van der Waals surface area contributed by atoms with E-state index in [9.17, 15) is 4.79 Å². The molecule has 0 spiro atoms. The topological polar surface area (TPSA) is 55.1 Å². The Morgan fingerprint density at radius 2 is 2.11 bits per heavy atom. The number of rotatable bonds is 7. The van der Waals surface area contributed by atoms with E-state index in [1.54, 1.807) is 0 Å². The number of hydrogen-bond acceptors (Lipinski definition) is 2. The second-order valence-electron chi connectivity index (χ2n) is 5.68. The largest absolute Gasteiger partial charge is 0.355 e. The highest BCUT2D eigenvalue weighted by Gasteiger charge is 2.08. The fraction of sp³-hybridized carbons (Fsp3) is 0.562. The van der Waals surface area contributed by atoms with Gasteiger partial charge in [-0.25, -0.2) is 0 Å². The highest BCUT2D eigenvalue weighted by atomic mass is 16.1. The average Bonchev–Trinajstić information content (AvgIpc) is 2.33. The number of carbonyl (C=O) groups is 1. The maximum absolute atomic E-state index is 11.7. The fourth-order valence-electron chi connectivity index (χ4n) is 2.15. The van der Waals surface area contributed by atoms with Crippen molar-refractivity contribution in [3.05, 3.63) is 35.4 Å². The molecule has 1 rings (SSSR count). The van der Waals surface area contributed by atoms with Gasteiger partial charge in [0.1, 0.15) is 0 Å². The standard InChI is InChI=1S/C16H26N2O/c1-12(2)9-15(17)11-18-16(19)8-7-14-6-4-5-13(3)10-14/h4-6,10,12,15H,7-9,11,17H2,1-3H3,(H,18,19). The Kier molecular flexibility index (Phi) is 6.57. The van der Waals surface area contributed by atoms with Crippen molar-refractivity contribution in [2.75, 3.05) is 6.54 Å². The van der Waals surface area contributed by atoms with Gasteiger partial charge in [0.2, 0.25) is 5.91 Å². The van der Waals surface area contributed by atoms with Crippen LogP contribution in [0.15, 0.2) is 24.3 Å². The molecule has 0 aliphatic rings. The normalized spacial score (nSPS) is 12.5. The molecule has 0 aromatic heterocycles. The van der Waals surface area contributed by atoms with E-state index in [2.05, 4.69) is 44.3 Å². The minimum Gasteiger partial charge on any atom is -0.355 e. The summed E-state index contributed by atoms with van der Waals surface area (Å²) >= 11 is 0. The van der Waals surface area contributed by atoms with Gasteiger partial charge >= 0.3 is 0 Å². The SMILES string of the molecule is Cc1cccc(CCC(=O)NCC(N)CC(C)C)c1. The smallest absolute Gasteiger partial charge is 0.220 e. The zero-order valence-electron chi connectivity index (χ0n) is 12.3. The summed E-state index contributed by atoms with van der Waals surface area (Å²) in [6.45, 7) is 6.91. The van der Waals surface area contributed by atoms with Crippen molar-refractivity contribution in [1.29, 1.82) is 0 Å². The quantitative estimate of drug-likeness (QED) is 0.793. The van der Waals surface area contributed by atoms with Crippen LogP contribution in [0.2, 0.25) is 0 Å². The molecule has 3 N–H and O–H groups in total. The monoisotopic (exact) mass is 262 g/mol. The number of carbonyl (C=O) groups excluding carboxylic acids is 1. The number of benzene rings is 1. The summed E-state index contributed by atoms with van der Waals surface area (Å²) in [5.41, 5.74) is 8.38. The molecule has 0 saturated carbocycles. The first-order valence-corrected chi connectivity index (χ1v) is 7.05. The van der Waals surface area contributed by atoms with E-state index in [0.29, 0.717) is 18.9 Å². The molecule has 3 heteroatoms. The molecule has 0 radical (unpaired) electrons. The summed E-state index contributed by atoms with van der Waals surface area (Å²) < 4.78 is 0. The summed E-state index contributed by atoms with van der Waals surface area (Å²) in [4.78, 5) is 11.7. The maximum atomic E-state index is 11.7. The highest BCUT2D eigenvalue weighted by Crippen LogP contribution is 2.06. The molecule has 1 aromatic rings. The third-order valence-corrected chi connectivity index (χ3v) is 3.06. The number of aryl methyl sites for hydroxylation is 2. The third-order valence-electron chi connectivity index (χ3n) is 3.06. The van der Waals surface area contributed by atoms with E-state index in [1.165, 1.54) is 11.1 Å². The Morgan fingerprint density at radius 1 is 1.37 bits per heavy atom. The van der Waals surface area contributed by atoms with Crippen LogP contribution < -0.4 is 11.1 Å². The van der Waals surface area contributed by atoms with Gasteiger partial charge in [0.15, 0.2) is 0 Å². The lowest BCUT2D eigenvalue weighted by molar-refractivity contribution is -0.121. The van der Waals surface area contributed by atoms with Crippen LogP contribution in [-0.2, 0) is 11.2 Å². The second-order valence-corrected chi connectivity index (χ2v) is 5.68. The van der Waals surface area contributed by atoms with Crippen LogP contribution in [0.25, 0.3) is 0 Å². The van der Waals surface area contributed by atoms with Gasteiger partial charge in [0.25, 0.3) is 0 Å². The maximum Gasteiger partial charge on any atom is 0.220 e. The summed E-state index contributed by atoms with van der Waals surface area (Å²) in [6.07, 6.45) is 2.25. The Bertz CT molecular complexity index is 401. The minimum atomic E-state index is 0.0583. The number of nitrogens with one attached hydrogen (secondary N) is 1. The molecule has 0 bridgehead atoms. The van der Waals surface area contributed by atoms with Gasteiger partial charge in [0, 0.05) is 19.0 Å². The van der Waals surface area contributed by atoms with Gasteiger partial charge < -0.3 is 11.1 Å². The van der Waals surface area contributed by atoms with Gasteiger partial charge in [-0.1, -0.05) is 43.7 Å². The van der Waals surface area contributed by atoms with Gasteiger partial charge in [-0.05, 0) is 31.2 Å². The van der Waals surface area contributed by atoms with Crippen LogP contribution in [0.5, 0.6) is 0 Å². The molecule has 1 amide bonds. The summed E-state index contributed by atoms with van der Waals surface area (Å²) in [5, 5.41) is 2.91. The zero-order valence-corrected chi connectivity index (χ0v) is 12.3. The molecule has 3 nitrogen and oxygen atoms in total. The van der Waals surface area contributed by atoms with Crippen LogP contribution >= 0.6 is 0 Å². The minimum absolute atomic E-state index is 0.0583. The van der Waals surface area contributed by atoms with Crippen molar-refractivity contribution in [1.82, 2.24) is 5.32 Å². The van der Waals surface area contributed by atoms with Gasteiger partial charge in [0.05, 0.1) is 0 Å². The van der Waals surface area contributed by atoms with Crippen LogP contribution in [0, 0.1) is 12.8 Å². The molecule has 19 heavy (non-hydrogen) atoms. The van der Waals surface area contributed by atoms with E-state index in [1.807, 2.05) is 6.07 Å². The summed E-state index contributed by atoms with van der Waals surface area (Å²) in [7, 11) is 0. The van der Waals surface area contributed by atoms with E-state index in [4.69, 9.17) is 5.73 Å². The van der Waals surface area contributed by atoms with E-state index >= 15 is 0 Å². The first kappa shape index (κ1) is 15.7. The lowest BCUT2D eigenvalue weighted by atomic mass is 10.0. The number of nitrogens with two attached hydrogens (primary N) is 1. The summed E-state index contributed by atoms with van der Waals surface area (Å²) in [6, 6.07) is 8.33. The van der Waals surface area contributed by atoms with E-state index < -0.39 is 0 Å². The highest BCUT2D eigenvalue weighted by molar-refractivity contribution is 5.76. The molecular formula is C16H26N2O. The Morgan fingerprint density at radius 3 is 2.74 bits per heavy atom. The molecule has 1 atom stereocenters. The van der Waals surface area contributed by atoms with Crippen molar-refractivity contribution in [3.63, 3.8) is 0 Å². The molecule has 0 aliphatic carbocycles. The van der Waals surface area contributed by atoms with Crippen molar-refractivity contribution < 1.29 is 4.79 Å². The van der Waals surface area contributed by atoms with Gasteiger partial charge in [-0.3, -0.25) is 4.79 Å². The molecule has 106 valence electrons. The molecule has 0 heterocycles. The van der Waals surface area contributed by atoms with Crippen molar-refractivity contribution in [2.45, 2.75) is 46.1 Å². The predicted molar refractivity (Wildman–Crippen MR) is 79.9 cm³/mol. The molecular weight excluding hydrogens is 236 g/mol.